The summed E-state index contributed by atoms with van der Waals surface area (Å²) in [5.74, 6) is -2.84. The maximum atomic E-state index is 12.7. The summed E-state index contributed by atoms with van der Waals surface area (Å²) in [6, 6.07) is 4.92. The van der Waals surface area contributed by atoms with Gasteiger partial charge in [0.05, 0.1) is 19.8 Å². The third-order valence-corrected chi connectivity index (χ3v) is 2.48. The molecule has 22 heavy (non-hydrogen) atoms. The molecule has 0 heterocycles. The van der Waals surface area contributed by atoms with Crippen molar-refractivity contribution in [2.75, 3.05) is 14.2 Å². The zero-order valence-corrected chi connectivity index (χ0v) is 11.7. The molecule has 0 saturated carbocycles. The van der Waals surface area contributed by atoms with Gasteiger partial charge in [-0.25, -0.2) is 17.6 Å². The number of hydrogen-bond acceptors (Lipinski definition) is 3. The monoisotopic (exact) mass is 316 g/mol. The van der Waals surface area contributed by atoms with Crippen molar-refractivity contribution in [2.24, 2.45) is 0 Å². The summed E-state index contributed by atoms with van der Waals surface area (Å²) in [6.07, 6.45) is 0.129. The van der Waals surface area contributed by atoms with Gasteiger partial charge < -0.3 is 9.47 Å². The van der Waals surface area contributed by atoms with Gasteiger partial charge in [-0.1, -0.05) is 0 Å². The summed E-state index contributed by atoms with van der Waals surface area (Å²) in [4.78, 5) is 10.1. The highest BCUT2D eigenvalue weighted by molar-refractivity contribution is 5.75. The number of carbonyl (C=O) groups excluding carboxylic acids is 1. The predicted octanol–water partition coefficient (Wildman–Crippen LogP) is 3.76. The summed E-state index contributed by atoms with van der Waals surface area (Å²) in [5.41, 5.74) is -0.573. The van der Waals surface area contributed by atoms with Crippen LogP contribution in [-0.2, 0) is 0 Å². The Hall–Kier alpha value is -2.57. The molecule has 118 valence electrons. The zero-order valence-electron chi connectivity index (χ0n) is 11.7. The van der Waals surface area contributed by atoms with Crippen LogP contribution in [0.3, 0.4) is 0 Å². The number of rotatable bonds is 3. The minimum atomic E-state index is -0.915. The van der Waals surface area contributed by atoms with E-state index in [4.69, 9.17) is 0 Å². The van der Waals surface area contributed by atoms with Crippen LogP contribution in [0.2, 0.25) is 0 Å². The van der Waals surface area contributed by atoms with Crippen molar-refractivity contribution >= 4 is 6.29 Å². The van der Waals surface area contributed by atoms with Gasteiger partial charge in [-0.05, 0) is 0 Å². The molecule has 0 spiro atoms. The maximum Gasteiger partial charge on any atom is 0.155 e. The molecule has 0 N–H and O–H groups in total. The fourth-order valence-electron chi connectivity index (χ4n) is 1.44. The van der Waals surface area contributed by atoms with E-state index in [9.17, 15) is 22.4 Å². The molecular weight excluding hydrogens is 304 g/mol. The molecule has 2 aromatic carbocycles. The normalized spacial score (nSPS) is 9.55. The van der Waals surface area contributed by atoms with E-state index >= 15 is 0 Å². The Balaban J connectivity index is 0.000000224. The van der Waals surface area contributed by atoms with E-state index in [1.165, 1.54) is 14.2 Å². The first-order valence-electron chi connectivity index (χ1n) is 5.89. The molecule has 0 radical (unpaired) electrons. The second-order valence-electron chi connectivity index (χ2n) is 3.93. The average molecular weight is 316 g/mol. The van der Waals surface area contributed by atoms with Gasteiger partial charge in [-0.3, -0.25) is 4.79 Å². The van der Waals surface area contributed by atoms with Crippen molar-refractivity contribution < 1.29 is 31.8 Å². The molecule has 0 fully saturated rings. The summed E-state index contributed by atoms with van der Waals surface area (Å²) < 4.78 is 59.3. The van der Waals surface area contributed by atoms with E-state index in [0.29, 0.717) is 0 Å². The van der Waals surface area contributed by atoms with Crippen molar-refractivity contribution in [1.82, 2.24) is 0 Å². The second-order valence-corrected chi connectivity index (χ2v) is 3.93. The molecule has 2 aromatic rings. The molecular formula is C15H12F4O3. The molecule has 0 bridgehead atoms. The van der Waals surface area contributed by atoms with Gasteiger partial charge in [0.1, 0.15) is 34.8 Å². The van der Waals surface area contributed by atoms with Gasteiger partial charge in [-0.2, -0.15) is 0 Å². The third kappa shape index (κ3) is 4.76. The van der Waals surface area contributed by atoms with Crippen molar-refractivity contribution in [3.63, 3.8) is 0 Å². The molecule has 0 amide bonds. The summed E-state index contributed by atoms with van der Waals surface area (Å²) in [5, 5.41) is 0. The Morgan fingerprint density at radius 3 is 1.55 bits per heavy atom. The second kappa shape index (κ2) is 8.02. The largest absolute Gasteiger partial charge is 0.497 e. The first-order valence-corrected chi connectivity index (χ1v) is 5.89. The predicted molar refractivity (Wildman–Crippen MR) is 71.2 cm³/mol. The highest BCUT2D eigenvalue weighted by Gasteiger charge is 2.09. The van der Waals surface area contributed by atoms with E-state index < -0.39 is 28.8 Å². The lowest BCUT2D eigenvalue weighted by Gasteiger charge is -2.01. The third-order valence-electron chi connectivity index (χ3n) is 2.48. The molecule has 0 atom stereocenters. The smallest absolute Gasteiger partial charge is 0.155 e. The van der Waals surface area contributed by atoms with E-state index in [-0.39, 0.29) is 17.8 Å². The van der Waals surface area contributed by atoms with Crippen molar-refractivity contribution in [1.29, 1.82) is 0 Å². The fourth-order valence-corrected chi connectivity index (χ4v) is 1.44. The fraction of sp³-hybridized carbons (Fsp3) is 0.133. The lowest BCUT2D eigenvalue weighted by Crippen LogP contribution is -1.95. The van der Waals surface area contributed by atoms with E-state index in [1.807, 2.05) is 0 Å². The van der Waals surface area contributed by atoms with Crippen LogP contribution < -0.4 is 9.47 Å². The van der Waals surface area contributed by atoms with E-state index in [0.717, 1.165) is 30.3 Å². The zero-order chi connectivity index (χ0) is 16.7. The van der Waals surface area contributed by atoms with Crippen LogP contribution in [0.15, 0.2) is 30.3 Å². The SMILES string of the molecule is COc1cc(F)c(C=O)c(F)c1.COc1cc(F)cc(F)c1. The van der Waals surface area contributed by atoms with Gasteiger partial charge >= 0.3 is 0 Å². The van der Waals surface area contributed by atoms with Crippen LogP contribution in [-0.4, -0.2) is 20.5 Å². The summed E-state index contributed by atoms with van der Waals surface area (Å²) >= 11 is 0. The molecule has 0 aliphatic rings. The maximum absolute atomic E-state index is 12.7. The van der Waals surface area contributed by atoms with E-state index in [1.54, 1.807) is 0 Å². The molecule has 0 saturated heterocycles. The molecule has 0 unspecified atom stereocenters. The Morgan fingerprint density at radius 2 is 1.18 bits per heavy atom. The average Bonchev–Trinajstić information content (AvgIpc) is 2.46. The highest BCUT2D eigenvalue weighted by Crippen LogP contribution is 2.18. The molecule has 2 rings (SSSR count). The van der Waals surface area contributed by atoms with Gasteiger partial charge in [0, 0.05) is 30.3 Å². The van der Waals surface area contributed by atoms with Crippen LogP contribution in [0.1, 0.15) is 10.4 Å². The van der Waals surface area contributed by atoms with Crippen molar-refractivity contribution in [2.45, 2.75) is 0 Å². The van der Waals surface area contributed by atoms with Crippen molar-refractivity contribution in [3.8, 4) is 11.5 Å². The number of methoxy groups -OCH3 is 2. The Labute approximate surface area is 124 Å². The lowest BCUT2D eigenvalue weighted by molar-refractivity contribution is 0.111. The number of halogens is 4. The molecule has 0 aliphatic heterocycles. The van der Waals surface area contributed by atoms with Crippen molar-refractivity contribution in [3.05, 3.63) is 59.2 Å². The van der Waals surface area contributed by atoms with Crippen LogP contribution in [0, 0.1) is 23.3 Å². The first-order chi connectivity index (χ1) is 10.4. The Kier molecular flexibility index (Phi) is 6.37. The van der Waals surface area contributed by atoms with Gasteiger partial charge in [0.25, 0.3) is 0 Å². The molecule has 7 heteroatoms. The topological polar surface area (TPSA) is 35.5 Å². The van der Waals surface area contributed by atoms with E-state index in [2.05, 4.69) is 9.47 Å². The summed E-state index contributed by atoms with van der Waals surface area (Å²) in [7, 11) is 2.64. The number of hydrogen-bond donors (Lipinski definition) is 0. The summed E-state index contributed by atoms with van der Waals surface area (Å²) in [6.45, 7) is 0. The van der Waals surface area contributed by atoms with Crippen LogP contribution in [0.5, 0.6) is 11.5 Å². The quantitative estimate of drug-likeness (QED) is 0.639. The minimum Gasteiger partial charge on any atom is -0.497 e. The number of aldehydes is 1. The standard InChI is InChI=1S/C8H6F2O2.C7H6F2O/c1-12-5-2-7(9)6(4-11)8(10)3-5;1-10-7-3-5(8)2-6(9)4-7/h2-4H,1H3;2-4H,1H3. The van der Waals surface area contributed by atoms with Crippen LogP contribution in [0.4, 0.5) is 17.6 Å². The van der Waals surface area contributed by atoms with Crippen LogP contribution in [0.25, 0.3) is 0 Å². The van der Waals surface area contributed by atoms with Gasteiger partial charge in [-0.15, -0.1) is 0 Å². The number of benzene rings is 2. The number of ether oxygens (including phenoxy) is 2. The Bertz CT molecular complexity index is 616. The number of carbonyl (C=O) groups is 1. The molecule has 0 aromatic heterocycles. The van der Waals surface area contributed by atoms with Gasteiger partial charge in [0.2, 0.25) is 0 Å². The van der Waals surface area contributed by atoms with Crippen LogP contribution >= 0.6 is 0 Å². The first kappa shape index (κ1) is 17.5. The Morgan fingerprint density at radius 1 is 0.773 bits per heavy atom. The molecule has 3 nitrogen and oxygen atoms in total. The van der Waals surface area contributed by atoms with Gasteiger partial charge in [0.15, 0.2) is 6.29 Å². The highest BCUT2D eigenvalue weighted by atomic mass is 19.1. The minimum absolute atomic E-state index is 0.0515. The lowest BCUT2D eigenvalue weighted by atomic mass is 10.2. The molecule has 0 aliphatic carbocycles.